The predicted molar refractivity (Wildman–Crippen MR) is 118 cm³/mol. The summed E-state index contributed by atoms with van der Waals surface area (Å²) in [5.74, 6) is 5.64. The first-order valence-corrected chi connectivity index (χ1v) is 9.14. The van der Waals surface area contributed by atoms with Gasteiger partial charge in [-0.3, -0.25) is 4.40 Å². The van der Waals surface area contributed by atoms with E-state index in [2.05, 4.69) is 17.2 Å². The Bertz CT molecular complexity index is 1320. The van der Waals surface area contributed by atoms with Crippen LogP contribution in [0.5, 0.6) is 0 Å². The third kappa shape index (κ3) is 3.48. The van der Waals surface area contributed by atoms with Crippen molar-refractivity contribution in [3.8, 4) is 35.9 Å². The summed E-state index contributed by atoms with van der Waals surface area (Å²) >= 11 is 0. The molecule has 1 N–H and O–H groups in total. The van der Waals surface area contributed by atoms with Crippen LogP contribution in [0.15, 0.2) is 66.9 Å². The predicted octanol–water partition coefficient (Wildman–Crippen LogP) is 4.49. The molecule has 0 amide bonds. The highest BCUT2D eigenvalue weighted by Gasteiger charge is 2.15. The molecule has 0 spiro atoms. The number of hydrogen-bond acceptors (Lipinski definition) is 4. The smallest absolute Gasteiger partial charge is 0.337 e. The van der Waals surface area contributed by atoms with Crippen LogP contribution in [0.1, 0.15) is 21.5 Å². The Kier molecular flexibility index (Phi) is 4.95. The van der Waals surface area contributed by atoms with E-state index in [0.29, 0.717) is 5.56 Å². The second kappa shape index (κ2) is 7.87. The maximum Gasteiger partial charge on any atom is 0.337 e. The molecule has 4 rings (SSSR count). The number of carbonyl (C=O) groups is 1. The molecule has 2 aromatic heterocycles. The molecule has 0 aliphatic rings. The highest BCUT2D eigenvalue weighted by molar-refractivity contribution is 5.90. The van der Waals surface area contributed by atoms with Crippen molar-refractivity contribution in [3.63, 3.8) is 0 Å². The average Bonchev–Trinajstić information content (AvgIpc) is 3.16. The van der Waals surface area contributed by atoms with E-state index in [1.54, 1.807) is 12.1 Å². The first kappa shape index (κ1) is 18.9. The maximum absolute atomic E-state index is 11.7. The van der Waals surface area contributed by atoms with E-state index in [4.69, 9.17) is 22.6 Å². The number of aromatic nitrogens is 2. The minimum Gasteiger partial charge on any atom is -0.465 e. The van der Waals surface area contributed by atoms with E-state index < -0.39 is 0 Å². The van der Waals surface area contributed by atoms with Crippen LogP contribution in [0, 0.1) is 24.7 Å². The molecule has 0 radical (unpaired) electrons. The summed E-state index contributed by atoms with van der Waals surface area (Å²) in [5.41, 5.74) is 5.20. The minimum atomic E-state index is -0.382. The Hall–Kier alpha value is -4.48. The number of fused-ring (bicyclic) bond motifs is 1. The number of nitrogens with one attached hydrogen (secondary N) is 1. The first-order valence-electron chi connectivity index (χ1n) is 9.14. The molecule has 144 valence electrons. The molecule has 5 nitrogen and oxygen atoms in total. The summed E-state index contributed by atoms with van der Waals surface area (Å²) in [7, 11) is 1.36. The Morgan fingerprint density at radius 1 is 1.00 bits per heavy atom. The molecule has 0 saturated heterocycles. The number of anilines is 2. The molecule has 5 heteroatoms. The van der Waals surface area contributed by atoms with Gasteiger partial charge in [0, 0.05) is 28.6 Å². The lowest BCUT2D eigenvalue weighted by Crippen LogP contribution is -2.01. The van der Waals surface area contributed by atoms with Crippen molar-refractivity contribution in [3.05, 3.63) is 83.6 Å². The molecular weight excluding hydrogens is 374 g/mol. The fourth-order valence-electron chi connectivity index (χ4n) is 3.12. The molecule has 0 atom stereocenters. The number of rotatable bonds is 4. The number of esters is 1. The number of ether oxygens (including phenoxy) is 1. The van der Waals surface area contributed by atoms with E-state index >= 15 is 0 Å². The van der Waals surface area contributed by atoms with Crippen LogP contribution in [0.25, 0.3) is 16.9 Å². The van der Waals surface area contributed by atoms with Crippen molar-refractivity contribution < 1.29 is 9.53 Å². The first-order chi connectivity index (χ1) is 14.6. The van der Waals surface area contributed by atoms with Gasteiger partial charge < -0.3 is 10.1 Å². The van der Waals surface area contributed by atoms with Gasteiger partial charge in [-0.05, 0) is 48.5 Å². The number of terminal acetylenes is 2. The van der Waals surface area contributed by atoms with Crippen LogP contribution >= 0.6 is 0 Å². The van der Waals surface area contributed by atoms with Crippen molar-refractivity contribution in [2.24, 2.45) is 0 Å². The van der Waals surface area contributed by atoms with Gasteiger partial charge in [-0.15, -0.1) is 12.8 Å². The highest BCUT2D eigenvalue weighted by atomic mass is 16.5. The van der Waals surface area contributed by atoms with Gasteiger partial charge in [0.2, 0.25) is 0 Å². The molecule has 0 saturated carbocycles. The molecule has 2 aromatic carbocycles. The van der Waals surface area contributed by atoms with Crippen molar-refractivity contribution >= 4 is 23.1 Å². The zero-order valence-corrected chi connectivity index (χ0v) is 16.2. The van der Waals surface area contributed by atoms with E-state index in [-0.39, 0.29) is 5.97 Å². The standard InChI is InChI=1S/C25H17N3O2/c1-4-17-6-8-19(9-7-17)23-24(28-15-14-18(5-2)16-22(28)27-23)26-21-12-10-20(11-13-21)25(29)30-3/h1-2,6-16,26H,3H3. The Morgan fingerprint density at radius 3 is 2.33 bits per heavy atom. The lowest BCUT2D eigenvalue weighted by Gasteiger charge is -2.10. The summed E-state index contributed by atoms with van der Waals surface area (Å²) in [6.45, 7) is 0. The van der Waals surface area contributed by atoms with E-state index in [1.807, 2.05) is 59.1 Å². The van der Waals surface area contributed by atoms with Gasteiger partial charge in [0.15, 0.2) is 0 Å². The largest absolute Gasteiger partial charge is 0.465 e. The second-order valence-corrected chi connectivity index (χ2v) is 6.51. The van der Waals surface area contributed by atoms with Crippen LogP contribution in [-0.2, 0) is 4.74 Å². The van der Waals surface area contributed by atoms with Crippen molar-refractivity contribution in [1.29, 1.82) is 0 Å². The third-order valence-electron chi connectivity index (χ3n) is 4.69. The van der Waals surface area contributed by atoms with Crippen LogP contribution in [0.2, 0.25) is 0 Å². The molecule has 0 aliphatic carbocycles. The highest BCUT2D eigenvalue weighted by Crippen LogP contribution is 2.31. The molecular formula is C25H17N3O2. The fraction of sp³-hybridized carbons (Fsp3) is 0.0400. The van der Waals surface area contributed by atoms with Gasteiger partial charge in [0.25, 0.3) is 0 Å². The van der Waals surface area contributed by atoms with Crippen LogP contribution in [0.3, 0.4) is 0 Å². The van der Waals surface area contributed by atoms with Crippen LogP contribution < -0.4 is 5.32 Å². The van der Waals surface area contributed by atoms with Crippen molar-refractivity contribution in [2.75, 3.05) is 12.4 Å². The lowest BCUT2D eigenvalue weighted by molar-refractivity contribution is 0.0601. The van der Waals surface area contributed by atoms with Gasteiger partial charge in [-0.25, -0.2) is 9.78 Å². The topological polar surface area (TPSA) is 55.6 Å². The van der Waals surface area contributed by atoms with Crippen molar-refractivity contribution in [1.82, 2.24) is 9.38 Å². The van der Waals surface area contributed by atoms with Gasteiger partial charge in [0.1, 0.15) is 17.2 Å². The average molecular weight is 391 g/mol. The third-order valence-corrected chi connectivity index (χ3v) is 4.69. The molecule has 0 fully saturated rings. The summed E-state index contributed by atoms with van der Waals surface area (Å²) < 4.78 is 6.68. The maximum atomic E-state index is 11.7. The molecule has 0 aliphatic heterocycles. The summed E-state index contributed by atoms with van der Waals surface area (Å²) in [6.07, 6.45) is 12.9. The van der Waals surface area contributed by atoms with E-state index in [1.165, 1.54) is 7.11 Å². The molecule has 4 aromatic rings. The lowest BCUT2D eigenvalue weighted by atomic mass is 10.1. The number of nitrogens with zero attached hydrogens (tertiary/aromatic N) is 2. The quantitative estimate of drug-likeness (QED) is 0.411. The Labute approximate surface area is 174 Å². The molecule has 0 unspecified atom stereocenters. The number of methoxy groups -OCH3 is 1. The molecule has 2 heterocycles. The van der Waals surface area contributed by atoms with Crippen LogP contribution in [-0.4, -0.2) is 22.5 Å². The van der Waals surface area contributed by atoms with Crippen molar-refractivity contribution in [2.45, 2.75) is 0 Å². The molecule has 30 heavy (non-hydrogen) atoms. The SMILES string of the molecule is C#Cc1ccc(-c2nc3cc(C#C)ccn3c2Nc2ccc(C(=O)OC)cc2)cc1. The number of imidazole rings is 1. The second-order valence-electron chi connectivity index (χ2n) is 6.51. The van der Waals surface area contributed by atoms with Gasteiger partial charge in [-0.1, -0.05) is 24.0 Å². The summed E-state index contributed by atoms with van der Waals surface area (Å²) in [4.78, 5) is 16.5. The van der Waals surface area contributed by atoms with Crippen LogP contribution in [0.4, 0.5) is 11.5 Å². The number of pyridine rings is 1. The monoisotopic (exact) mass is 391 g/mol. The minimum absolute atomic E-state index is 0.382. The zero-order valence-electron chi connectivity index (χ0n) is 16.2. The van der Waals surface area contributed by atoms with E-state index in [9.17, 15) is 4.79 Å². The number of benzene rings is 2. The fourth-order valence-corrected chi connectivity index (χ4v) is 3.12. The normalized spacial score (nSPS) is 10.2. The summed E-state index contributed by atoms with van der Waals surface area (Å²) in [5, 5.41) is 3.40. The Balaban J connectivity index is 1.81. The van der Waals surface area contributed by atoms with Gasteiger partial charge >= 0.3 is 5.97 Å². The van der Waals surface area contributed by atoms with E-state index in [0.717, 1.165) is 39.5 Å². The zero-order chi connectivity index (χ0) is 21.1. The number of carbonyl (C=O) groups excluding carboxylic acids is 1. The summed E-state index contributed by atoms with van der Waals surface area (Å²) in [6, 6.07) is 18.4. The van der Waals surface area contributed by atoms with Gasteiger partial charge in [0.05, 0.1) is 12.7 Å². The number of hydrogen-bond donors (Lipinski definition) is 1. The Morgan fingerprint density at radius 2 is 1.70 bits per heavy atom. The van der Waals surface area contributed by atoms with Gasteiger partial charge in [-0.2, -0.15) is 0 Å². The molecule has 0 bridgehead atoms.